The lowest BCUT2D eigenvalue weighted by Crippen LogP contribution is -2.33. The van der Waals surface area contributed by atoms with Gasteiger partial charge in [0.15, 0.2) is 0 Å². The Kier molecular flexibility index (Phi) is 3.64. The largest absolute Gasteiger partial charge is 0.381 e. The third kappa shape index (κ3) is 2.88. The maximum atomic E-state index is 11.8. The molecule has 1 fully saturated rings. The highest BCUT2D eigenvalue weighted by Gasteiger charge is 2.17. The molecule has 2 rings (SSSR count). The van der Waals surface area contributed by atoms with E-state index in [-0.39, 0.29) is 18.0 Å². The van der Waals surface area contributed by atoms with E-state index in [2.05, 4.69) is 10.4 Å². The Balaban J connectivity index is 2.04. The Morgan fingerprint density at radius 1 is 1.56 bits per heavy atom. The van der Waals surface area contributed by atoms with Crippen molar-refractivity contribution in [3.8, 4) is 0 Å². The molecule has 0 radical (unpaired) electrons. The van der Waals surface area contributed by atoms with Crippen molar-refractivity contribution in [1.29, 1.82) is 0 Å². The Bertz CT molecular complexity index is 491. The van der Waals surface area contributed by atoms with Crippen LogP contribution in [0.25, 0.3) is 0 Å². The maximum Gasteiger partial charge on any atom is 0.269 e. The van der Waals surface area contributed by atoms with E-state index in [1.165, 1.54) is 22.1 Å². The van der Waals surface area contributed by atoms with E-state index >= 15 is 0 Å². The first-order valence-corrected chi connectivity index (χ1v) is 6.10. The molecule has 0 bridgehead atoms. The van der Waals surface area contributed by atoms with Crippen LogP contribution in [0.2, 0.25) is 0 Å². The lowest BCUT2D eigenvalue weighted by atomic mass is 9.93. The molecular weight excluding hydrogens is 232 g/mol. The van der Waals surface area contributed by atoms with Crippen LogP contribution < -0.4 is 10.9 Å². The molecule has 6 heteroatoms. The van der Waals surface area contributed by atoms with Crippen molar-refractivity contribution >= 4 is 11.6 Å². The van der Waals surface area contributed by atoms with Crippen LogP contribution in [0.3, 0.4) is 0 Å². The number of hydrogen-bond acceptors (Lipinski definition) is 4. The molecule has 1 saturated carbocycles. The topological polar surface area (TPSA) is 67.2 Å². The number of carbonyl (C=O) groups is 1. The first-order valence-electron chi connectivity index (χ1n) is 6.10. The van der Waals surface area contributed by atoms with Gasteiger partial charge in [-0.15, -0.1) is 0 Å². The fourth-order valence-corrected chi connectivity index (χ4v) is 1.69. The van der Waals surface area contributed by atoms with Gasteiger partial charge in [0, 0.05) is 26.2 Å². The second-order valence-electron chi connectivity index (χ2n) is 4.80. The monoisotopic (exact) mass is 250 g/mol. The highest BCUT2D eigenvalue weighted by Crippen LogP contribution is 2.21. The van der Waals surface area contributed by atoms with Crippen LogP contribution in [0.4, 0.5) is 5.69 Å². The maximum absolute atomic E-state index is 11.8. The van der Waals surface area contributed by atoms with Crippen LogP contribution in [-0.4, -0.2) is 40.7 Å². The minimum Gasteiger partial charge on any atom is -0.381 e. The average Bonchev–Trinajstić information content (AvgIpc) is 2.26. The summed E-state index contributed by atoms with van der Waals surface area (Å²) in [5.41, 5.74) is 0.479. The molecule has 0 aliphatic heterocycles. The van der Waals surface area contributed by atoms with Gasteiger partial charge in [-0.3, -0.25) is 9.59 Å². The predicted molar refractivity (Wildman–Crippen MR) is 68.5 cm³/mol. The summed E-state index contributed by atoms with van der Waals surface area (Å²) in [6.45, 7) is -0.0183. The van der Waals surface area contributed by atoms with Gasteiger partial charge < -0.3 is 10.2 Å². The van der Waals surface area contributed by atoms with E-state index < -0.39 is 0 Å². The molecule has 98 valence electrons. The summed E-state index contributed by atoms with van der Waals surface area (Å²) in [6.07, 6.45) is 5.12. The SMILES string of the molecule is CN(C)C(=O)Cn1ncc(NC2CCC2)cc1=O. The summed E-state index contributed by atoms with van der Waals surface area (Å²) in [5.74, 6) is -0.149. The van der Waals surface area contributed by atoms with Crippen molar-refractivity contribution in [3.63, 3.8) is 0 Å². The van der Waals surface area contributed by atoms with Crippen LogP contribution in [0.15, 0.2) is 17.1 Å². The third-order valence-electron chi connectivity index (χ3n) is 3.13. The van der Waals surface area contributed by atoms with Gasteiger partial charge >= 0.3 is 0 Å². The van der Waals surface area contributed by atoms with E-state index in [1.54, 1.807) is 20.3 Å². The summed E-state index contributed by atoms with van der Waals surface area (Å²) in [6, 6.07) is 1.96. The van der Waals surface area contributed by atoms with Crippen LogP contribution in [-0.2, 0) is 11.3 Å². The smallest absolute Gasteiger partial charge is 0.269 e. The quantitative estimate of drug-likeness (QED) is 0.834. The first kappa shape index (κ1) is 12.6. The normalized spacial score (nSPS) is 15.0. The Morgan fingerprint density at radius 2 is 2.28 bits per heavy atom. The van der Waals surface area contributed by atoms with E-state index in [4.69, 9.17) is 0 Å². The number of likely N-dealkylation sites (N-methyl/N-ethyl adjacent to an activating group) is 1. The van der Waals surface area contributed by atoms with Gasteiger partial charge in [0.05, 0.1) is 11.9 Å². The summed E-state index contributed by atoms with van der Waals surface area (Å²) in [4.78, 5) is 24.7. The molecule has 0 atom stereocenters. The van der Waals surface area contributed by atoms with Crippen LogP contribution in [0, 0.1) is 0 Å². The second-order valence-corrected chi connectivity index (χ2v) is 4.80. The lowest BCUT2D eigenvalue weighted by Gasteiger charge is -2.27. The Labute approximate surface area is 106 Å². The summed E-state index contributed by atoms with van der Waals surface area (Å²) >= 11 is 0. The molecule has 1 heterocycles. The van der Waals surface area contributed by atoms with Crippen LogP contribution in [0.1, 0.15) is 19.3 Å². The molecule has 1 aliphatic carbocycles. The number of nitrogens with zero attached hydrogens (tertiary/aromatic N) is 3. The average molecular weight is 250 g/mol. The zero-order chi connectivity index (χ0) is 13.1. The number of hydrogen-bond donors (Lipinski definition) is 1. The zero-order valence-electron chi connectivity index (χ0n) is 10.7. The van der Waals surface area contributed by atoms with Crippen molar-refractivity contribution in [2.75, 3.05) is 19.4 Å². The van der Waals surface area contributed by atoms with Crippen molar-refractivity contribution in [1.82, 2.24) is 14.7 Å². The molecule has 1 aromatic rings. The molecular formula is C12H18N4O2. The number of nitrogens with one attached hydrogen (secondary N) is 1. The third-order valence-corrected chi connectivity index (χ3v) is 3.13. The van der Waals surface area contributed by atoms with E-state index in [9.17, 15) is 9.59 Å². The fourth-order valence-electron chi connectivity index (χ4n) is 1.69. The lowest BCUT2D eigenvalue weighted by molar-refractivity contribution is -0.129. The Hall–Kier alpha value is -1.85. The van der Waals surface area contributed by atoms with Gasteiger partial charge in [-0.1, -0.05) is 0 Å². The van der Waals surface area contributed by atoms with Crippen LogP contribution >= 0.6 is 0 Å². The molecule has 1 N–H and O–H groups in total. The highest BCUT2D eigenvalue weighted by atomic mass is 16.2. The number of carbonyl (C=O) groups excluding carboxylic acids is 1. The van der Waals surface area contributed by atoms with Gasteiger partial charge in [-0.2, -0.15) is 5.10 Å². The van der Waals surface area contributed by atoms with E-state index in [0.29, 0.717) is 6.04 Å². The molecule has 1 aliphatic rings. The molecule has 0 saturated heterocycles. The minimum atomic E-state index is -0.255. The van der Waals surface area contributed by atoms with Crippen LogP contribution in [0.5, 0.6) is 0 Å². The van der Waals surface area contributed by atoms with Gasteiger partial charge in [0.1, 0.15) is 6.54 Å². The van der Waals surface area contributed by atoms with Gasteiger partial charge in [-0.25, -0.2) is 4.68 Å². The molecule has 1 aromatic heterocycles. The van der Waals surface area contributed by atoms with Gasteiger partial charge in [0.25, 0.3) is 5.56 Å². The minimum absolute atomic E-state index is 0.0183. The molecule has 0 aromatic carbocycles. The van der Waals surface area contributed by atoms with Crippen molar-refractivity contribution in [3.05, 3.63) is 22.6 Å². The molecule has 1 amide bonds. The zero-order valence-corrected chi connectivity index (χ0v) is 10.7. The number of rotatable bonds is 4. The molecule has 0 unspecified atom stereocenters. The van der Waals surface area contributed by atoms with E-state index in [0.717, 1.165) is 18.5 Å². The summed E-state index contributed by atoms with van der Waals surface area (Å²) in [5, 5.41) is 7.26. The van der Waals surface area contributed by atoms with Crippen molar-refractivity contribution < 1.29 is 4.79 Å². The van der Waals surface area contributed by atoms with Gasteiger partial charge in [-0.05, 0) is 19.3 Å². The molecule has 18 heavy (non-hydrogen) atoms. The van der Waals surface area contributed by atoms with Crippen molar-refractivity contribution in [2.24, 2.45) is 0 Å². The van der Waals surface area contributed by atoms with Crippen molar-refractivity contribution in [2.45, 2.75) is 31.8 Å². The second kappa shape index (κ2) is 5.20. The number of aromatic nitrogens is 2. The van der Waals surface area contributed by atoms with Gasteiger partial charge in [0.2, 0.25) is 5.91 Å². The number of amides is 1. The predicted octanol–water partition coefficient (Wildman–Crippen LogP) is 0.296. The Morgan fingerprint density at radius 3 is 2.78 bits per heavy atom. The standard InChI is InChI=1S/C12H18N4O2/c1-15(2)12(18)8-16-11(17)6-10(7-13-16)14-9-4-3-5-9/h6-7,9,14H,3-5,8H2,1-2H3. The summed E-state index contributed by atoms with van der Waals surface area (Å²) in [7, 11) is 3.31. The summed E-state index contributed by atoms with van der Waals surface area (Å²) < 4.78 is 1.17. The van der Waals surface area contributed by atoms with E-state index in [1.807, 2.05) is 0 Å². The molecule has 0 spiro atoms. The highest BCUT2D eigenvalue weighted by molar-refractivity contribution is 5.75. The fraction of sp³-hybridized carbons (Fsp3) is 0.583. The molecule has 6 nitrogen and oxygen atoms in total. The number of anilines is 1. The first-order chi connectivity index (χ1) is 8.56.